The van der Waals surface area contributed by atoms with E-state index < -0.39 is 138 Å². The van der Waals surface area contributed by atoms with Crippen molar-refractivity contribution >= 4 is 59.1 Å². The normalized spacial score (nSPS) is 29.8. The molecule has 23 nitrogen and oxygen atoms in total. The van der Waals surface area contributed by atoms with Crippen molar-refractivity contribution in [2.75, 3.05) is 41.3 Å². The number of likely N-dealkylation sites (N-methyl/N-ethyl adjacent to an activating group) is 4. The van der Waals surface area contributed by atoms with Crippen molar-refractivity contribution in [3.8, 4) is 0 Å². The Morgan fingerprint density at radius 2 is 0.800 bits per heavy atom. The van der Waals surface area contributed by atoms with Crippen molar-refractivity contribution in [1.29, 1.82) is 0 Å². The number of aliphatic hydroxyl groups excluding tert-OH is 3. The summed E-state index contributed by atoms with van der Waals surface area (Å²) in [5.41, 5.74) is 0.661. The molecule has 0 bridgehead atoms. The topological polar surface area (TPSA) is 299 Å². The highest BCUT2D eigenvalue weighted by Gasteiger charge is 2.48. The molecule has 1 aromatic rings. The fourth-order valence-corrected chi connectivity index (χ4v) is 10.8. The van der Waals surface area contributed by atoms with Crippen LogP contribution in [0.25, 0.3) is 0 Å². The molecule has 0 radical (unpaired) electrons. The minimum atomic E-state index is -1.63. The van der Waals surface area contributed by atoms with E-state index in [1.165, 1.54) is 58.8 Å². The maximum absolute atomic E-state index is 14.9. The summed E-state index contributed by atoms with van der Waals surface area (Å²) in [4.78, 5) is 152. The molecule has 0 aliphatic carbocycles. The van der Waals surface area contributed by atoms with Gasteiger partial charge in [0.15, 0.2) is 0 Å². The number of nitrogens with zero attached hydrogens (tertiary/aromatic N) is 6. The van der Waals surface area contributed by atoms with Gasteiger partial charge in [-0.3, -0.25) is 47.9 Å². The molecule has 23 heteroatoms. The highest BCUT2D eigenvalue weighted by molar-refractivity contribution is 6.00. The Bertz CT molecular complexity index is 2370. The molecule has 80 heavy (non-hydrogen) atoms. The third-order valence-corrected chi connectivity index (χ3v) is 15.5. The quantitative estimate of drug-likeness (QED) is 0.154. The van der Waals surface area contributed by atoms with Crippen LogP contribution in [0.2, 0.25) is 0 Å². The van der Waals surface area contributed by atoms with Gasteiger partial charge >= 0.3 is 0 Å². The molecule has 10 amide bonds. The zero-order chi connectivity index (χ0) is 60.4. The summed E-state index contributed by atoms with van der Waals surface area (Å²) >= 11 is 0. The van der Waals surface area contributed by atoms with E-state index in [4.69, 9.17) is 0 Å². The first-order chi connectivity index (χ1) is 37.3. The lowest BCUT2D eigenvalue weighted by Gasteiger charge is -2.37. The third kappa shape index (κ3) is 16.9. The van der Waals surface area contributed by atoms with Crippen LogP contribution in [-0.4, -0.2) is 224 Å². The van der Waals surface area contributed by atoms with Gasteiger partial charge < -0.3 is 66.0 Å². The molecule has 0 spiro atoms. The summed E-state index contributed by atoms with van der Waals surface area (Å²) in [5.74, 6) is -8.21. The Hall–Kier alpha value is -6.20. The molecule has 7 N–H and O–H groups in total. The minimum Gasteiger partial charge on any atom is -0.391 e. The number of hydrogen-bond donors (Lipinski definition) is 7. The monoisotopic (exact) mass is 1120 g/mol. The summed E-state index contributed by atoms with van der Waals surface area (Å²) in [5, 5.41) is 44.4. The fourth-order valence-electron chi connectivity index (χ4n) is 10.8. The lowest BCUT2D eigenvalue weighted by atomic mass is 9.99. The van der Waals surface area contributed by atoms with Crippen LogP contribution in [-0.2, 0) is 54.4 Å². The van der Waals surface area contributed by atoms with Crippen molar-refractivity contribution in [2.45, 2.75) is 200 Å². The first-order valence-corrected chi connectivity index (χ1v) is 28.2. The summed E-state index contributed by atoms with van der Waals surface area (Å²) in [6, 6.07) is -4.27. The van der Waals surface area contributed by atoms with Crippen LogP contribution in [0.3, 0.4) is 0 Å². The predicted molar refractivity (Wildman–Crippen MR) is 297 cm³/mol. The molecular weight excluding hydrogens is 1030 g/mol. The molecule has 1 aromatic carbocycles. The predicted octanol–water partition coefficient (Wildman–Crippen LogP) is 0.0185. The maximum Gasteiger partial charge on any atom is 0.246 e. The van der Waals surface area contributed by atoms with E-state index in [-0.39, 0.29) is 81.7 Å². The van der Waals surface area contributed by atoms with Crippen molar-refractivity contribution in [2.24, 2.45) is 23.7 Å². The first kappa shape index (κ1) is 66.3. The average molecular weight is 1130 g/mol. The van der Waals surface area contributed by atoms with E-state index >= 15 is 0 Å². The zero-order valence-corrected chi connectivity index (χ0v) is 49.7. The molecule has 13 atom stereocenters. The number of amides is 10. The van der Waals surface area contributed by atoms with E-state index in [1.807, 2.05) is 41.5 Å². The van der Waals surface area contributed by atoms with Crippen LogP contribution in [0, 0.1) is 23.7 Å². The lowest BCUT2D eigenvalue weighted by Crippen LogP contribution is -2.62. The Balaban J connectivity index is 1.88. The standard InChI is InChI=1S/C57H92N10O13/c1-30(2)21-40-52(75)62(12)34(9)48(71)59-43(24-33(7)8)55(78)67-29-39(70)27-46(67)57(80)65(15)47(36(11)68)51(74)61-41(22-31(3)4)53(76)63(13)35(10)49(72)58-42(23-32(5)6)54(77)66-28-38(69)26-45(66)56(79)64(14)44(50(73)60-40)25-37-19-17-16-18-20-37/h16-20,30-36,38-47,68-70H,21-29H2,1-15H3,(H,58,72)(H,59,71)(H,60,73)(H,61,74)/t34-,35-,36+,38+,39+,40-,41-,42-,43-,44-,45-,46-,47-/m0/s1. The molecule has 448 valence electrons. The summed E-state index contributed by atoms with van der Waals surface area (Å²) in [6.45, 7) is 18.1. The van der Waals surface area contributed by atoms with E-state index in [0.29, 0.717) is 5.56 Å². The number of carbonyl (C=O) groups is 10. The maximum atomic E-state index is 14.9. The second-order valence-electron chi connectivity index (χ2n) is 24.1. The second kappa shape index (κ2) is 29.0. The van der Waals surface area contributed by atoms with Crippen LogP contribution in [0.15, 0.2) is 30.3 Å². The van der Waals surface area contributed by atoms with Gasteiger partial charge in [0.1, 0.15) is 60.4 Å². The van der Waals surface area contributed by atoms with Gasteiger partial charge in [-0.1, -0.05) is 85.7 Å². The highest BCUT2D eigenvalue weighted by atomic mass is 16.3. The second-order valence-corrected chi connectivity index (χ2v) is 24.1. The van der Waals surface area contributed by atoms with Crippen molar-refractivity contribution in [3.63, 3.8) is 0 Å². The van der Waals surface area contributed by atoms with Crippen molar-refractivity contribution in [3.05, 3.63) is 35.9 Å². The Kier molecular flexibility index (Phi) is 24.0. The number of hydrogen-bond acceptors (Lipinski definition) is 13. The molecule has 3 saturated heterocycles. The lowest BCUT2D eigenvalue weighted by molar-refractivity contribution is -0.151. The molecule has 0 aromatic heterocycles. The van der Waals surface area contributed by atoms with E-state index in [1.54, 1.807) is 44.2 Å². The summed E-state index contributed by atoms with van der Waals surface area (Å²) < 4.78 is 0. The number of carbonyl (C=O) groups excluding carboxylic acids is 10. The SMILES string of the molecule is CC(C)C[C@@H]1NC(=O)[C@H]([C@@H](C)O)N(C)C(=O)[C@@H]2C[C@@H](O)CN2C(=O)[C@H](CC(C)C)NC(=O)[C@H](C)N(C)C(=O)[C@H](CC(C)C)NC(=O)[C@H](Cc2ccccc2)N(C)C(=O)[C@@H]2C[C@@H](O)CN2C(=O)[C@H](CC(C)C)NC(=O)[C@H](C)N(C)C1=O. The minimum absolute atomic E-state index is 0.0313. The molecule has 3 fully saturated rings. The van der Waals surface area contributed by atoms with Gasteiger partial charge in [-0.2, -0.15) is 0 Å². The van der Waals surface area contributed by atoms with E-state index in [0.717, 1.165) is 19.6 Å². The van der Waals surface area contributed by atoms with E-state index in [2.05, 4.69) is 21.3 Å². The third-order valence-electron chi connectivity index (χ3n) is 15.5. The number of aliphatic hydroxyl groups is 3. The molecule has 3 heterocycles. The number of nitrogens with one attached hydrogen (secondary N) is 4. The molecule has 3 aliphatic rings. The van der Waals surface area contributed by atoms with Crippen molar-refractivity contribution < 1.29 is 63.3 Å². The zero-order valence-electron chi connectivity index (χ0n) is 49.7. The van der Waals surface area contributed by atoms with Gasteiger partial charge in [0, 0.05) is 60.5 Å². The molecular formula is C57H92N10O13. The van der Waals surface area contributed by atoms with Gasteiger partial charge in [0.2, 0.25) is 59.1 Å². The first-order valence-electron chi connectivity index (χ1n) is 28.2. The van der Waals surface area contributed by atoms with Crippen LogP contribution in [0.1, 0.15) is 120 Å². The number of fused-ring (bicyclic) bond motifs is 2. The Morgan fingerprint density at radius 1 is 0.463 bits per heavy atom. The van der Waals surface area contributed by atoms with Gasteiger partial charge in [0.05, 0.1) is 18.3 Å². The van der Waals surface area contributed by atoms with Gasteiger partial charge in [-0.05, 0) is 75.7 Å². The van der Waals surface area contributed by atoms with E-state index in [9.17, 15) is 63.3 Å². The Labute approximate surface area is 472 Å². The summed E-state index contributed by atoms with van der Waals surface area (Å²) in [6.07, 6.45) is -4.05. The fraction of sp³-hybridized carbons (Fsp3) is 0.719. The Morgan fingerprint density at radius 3 is 1.16 bits per heavy atom. The highest BCUT2D eigenvalue weighted by Crippen LogP contribution is 2.27. The number of rotatable bonds is 11. The number of benzene rings is 1. The average Bonchev–Trinajstić information content (AvgIpc) is 3.99. The van der Waals surface area contributed by atoms with Gasteiger partial charge in [-0.15, -0.1) is 0 Å². The molecule has 0 unspecified atom stereocenters. The van der Waals surface area contributed by atoms with Crippen molar-refractivity contribution in [1.82, 2.24) is 50.7 Å². The largest absolute Gasteiger partial charge is 0.391 e. The van der Waals surface area contributed by atoms with Crippen LogP contribution < -0.4 is 21.3 Å². The van der Waals surface area contributed by atoms with Gasteiger partial charge in [0.25, 0.3) is 0 Å². The molecule has 0 saturated carbocycles. The molecule has 4 rings (SSSR count). The summed E-state index contributed by atoms with van der Waals surface area (Å²) in [7, 11) is 5.39. The van der Waals surface area contributed by atoms with Gasteiger partial charge in [-0.25, -0.2) is 0 Å². The smallest absolute Gasteiger partial charge is 0.246 e. The van der Waals surface area contributed by atoms with Crippen LogP contribution in [0.4, 0.5) is 0 Å². The van der Waals surface area contributed by atoms with Crippen LogP contribution in [0.5, 0.6) is 0 Å². The molecule has 3 aliphatic heterocycles. The van der Waals surface area contributed by atoms with Crippen LogP contribution >= 0.6 is 0 Å².